The third-order valence-electron chi connectivity index (χ3n) is 2.04. The number of nitro benzene ring substituents is 1. The van der Waals surface area contributed by atoms with Crippen molar-refractivity contribution < 1.29 is 14.8 Å². The Morgan fingerprint density at radius 3 is 2.81 bits per heavy atom. The zero-order valence-electron chi connectivity index (χ0n) is 8.13. The lowest BCUT2D eigenvalue weighted by atomic mass is 10.1. The number of aromatic nitrogens is 1. The molecule has 16 heavy (non-hydrogen) atoms. The Labute approximate surface area is 93.3 Å². The van der Waals surface area contributed by atoms with Crippen molar-refractivity contribution in [3.05, 3.63) is 32.8 Å². The number of nitrogens with zero attached hydrogens (tertiary/aromatic N) is 2. The fourth-order valence-corrected chi connectivity index (χ4v) is 2.24. The van der Waals surface area contributed by atoms with E-state index in [1.807, 2.05) is 0 Å². The lowest BCUT2D eigenvalue weighted by Gasteiger charge is -1.97. The summed E-state index contributed by atoms with van der Waals surface area (Å²) in [5.41, 5.74) is -0.253. The summed E-state index contributed by atoms with van der Waals surface area (Å²) in [5, 5.41) is 20.3. The monoisotopic (exact) mass is 238 g/mol. The molecule has 2 rings (SSSR count). The molecule has 6 nitrogen and oxygen atoms in total. The number of nitro groups is 1. The van der Waals surface area contributed by atoms with Crippen molar-refractivity contribution in [1.82, 2.24) is 4.98 Å². The van der Waals surface area contributed by atoms with Gasteiger partial charge in [0.1, 0.15) is 5.56 Å². The molecule has 0 spiro atoms. The summed E-state index contributed by atoms with van der Waals surface area (Å²) in [7, 11) is 0. The van der Waals surface area contributed by atoms with Crippen molar-refractivity contribution in [2.45, 2.75) is 6.92 Å². The maximum Gasteiger partial charge on any atom is 0.342 e. The Bertz CT molecular complexity index is 554. The molecule has 1 aromatic heterocycles. The van der Waals surface area contributed by atoms with E-state index < -0.39 is 16.6 Å². The molecule has 0 aliphatic heterocycles. The van der Waals surface area contributed by atoms with Crippen molar-refractivity contribution in [3.63, 3.8) is 0 Å². The molecule has 0 saturated carbocycles. The van der Waals surface area contributed by atoms with E-state index in [1.54, 1.807) is 6.92 Å². The maximum absolute atomic E-state index is 10.8. The van der Waals surface area contributed by atoms with Gasteiger partial charge in [-0.15, -0.1) is 11.3 Å². The molecule has 0 bridgehead atoms. The van der Waals surface area contributed by atoms with Gasteiger partial charge >= 0.3 is 5.97 Å². The molecule has 1 aromatic carbocycles. The predicted molar refractivity (Wildman–Crippen MR) is 58.0 cm³/mol. The Kier molecular flexibility index (Phi) is 2.31. The van der Waals surface area contributed by atoms with Crippen LogP contribution in [0, 0.1) is 17.0 Å². The average molecular weight is 238 g/mol. The number of aryl methyl sites for hydroxylation is 1. The number of benzene rings is 1. The number of aromatic carboxylic acids is 1. The number of carboxylic acids is 1. The zero-order valence-corrected chi connectivity index (χ0v) is 8.95. The van der Waals surface area contributed by atoms with Crippen LogP contribution in [0.2, 0.25) is 0 Å². The molecule has 0 atom stereocenters. The van der Waals surface area contributed by atoms with E-state index in [0.717, 1.165) is 5.01 Å². The molecule has 0 saturated heterocycles. The number of carbonyl (C=O) groups is 1. The van der Waals surface area contributed by atoms with E-state index in [9.17, 15) is 14.9 Å². The lowest BCUT2D eigenvalue weighted by molar-refractivity contribution is -0.385. The van der Waals surface area contributed by atoms with E-state index in [1.165, 1.54) is 23.5 Å². The number of fused-ring (bicyclic) bond motifs is 1. The molecule has 0 aliphatic rings. The van der Waals surface area contributed by atoms with Crippen LogP contribution in [0.25, 0.3) is 10.2 Å². The first-order chi connectivity index (χ1) is 7.49. The Balaban J connectivity index is 2.80. The largest absolute Gasteiger partial charge is 0.477 e. The molecule has 0 aliphatic carbocycles. The minimum atomic E-state index is -1.32. The summed E-state index contributed by atoms with van der Waals surface area (Å²) >= 11 is 1.30. The van der Waals surface area contributed by atoms with Gasteiger partial charge in [0.15, 0.2) is 0 Å². The first-order valence-electron chi connectivity index (χ1n) is 4.28. The van der Waals surface area contributed by atoms with Gasteiger partial charge in [-0.25, -0.2) is 9.78 Å². The highest BCUT2D eigenvalue weighted by Gasteiger charge is 2.21. The number of carboxylic acid groups (broad SMARTS) is 1. The molecule has 0 unspecified atom stereocenters. The molecule has 0 amide bonds. The van der Waals surface area contributed by atoms with Gasteiger partial charge in [-0.3, -0.25) is 10.1 Å². The van der Waals surface area contributed by atoms with Crippen LogP contribution in [0.5, 0.6) is 0 Å². The first-order valence-corrected chi connectivity index (χ1v) is 5.09. The molecule has 7 heteroatoms. The SMILES string of the molecule is Cc1nc2cc(C(=O)O)c([N+](=O)[O-])cc2s1. The number of thiazole rings is 1. The molecule has 82 valence electrons. The van der Waals surface area contributed by atoms with Crippen LogP contribution in [0.4, 0.5) is 5.69 Å². The van der Waals surface area contributed by atoms with Gasteiger partial charge < -0.3 is 5.11 Å². The number of hydrogen-bond donors (Lipinski definition) is 1. The third-order valence-corrected chi connectivity index (χ3v) is 2.97. The van der Waals surface area contributed by atoms with Crippen molar-refractivity contribution in [3.8, 4) is 0 Å². The van der Waals surface area contributed by atoms with Crippen LogP contribution in [-0.2, 0) is 0 Å². The van der Waals surface area contributed by atoms with Gasteiger partial charge in [-0.2, -0.15) is 0 Å². The zero-order chi connectivity index (χ0) is 11.9. The third kappa shape index (κ3) is 1.61. The standard InChI is InChI=1S/C9H6N2O4S/c1-4-10-6-2-5(9(12)13)7(11(14)15)3-8(6)16-4/h2-3H,1H3,(H,12,13). The van der Waals surface area contributed by atoms with Gasteiger partial charge in [0.05, 0.1) is 20.1 Å². The second kappa shape index (κ2) is 3.53. The predicted octanol–water partition coefficient (Wildman–Crippen LogP) is 2.21. The van der Waals surface area contributed by atoms with Gasteiger partial charge in [-0.05, 0) is 13.0 Å². The smallest absolute Gasteiger partial charge is 0.342 e. The second-order valence-corrected chi connectivity index (χ2v) is 4.37. The van der Waals surface area contributed by atoms with Crippen molar-refractivity contribution in [2.75, 3.05) is 0 Å². The summed E-state index contributed by atoms with van der Waals surface area (Å²) in [6.07, 6.45) is 0. The fourth-order valence-electron chi connectivity index (χ4n) is 1.40. The van der Waals surface area contributed by atoms with Crippen LogP contribution in [-0.4, -0.2) is 21.0 Å². The maximum atomic E-state index is 10.8. The molecule has 0 radical (unpaired) electrons. The molecular formula is C9H6N2O4S. The number of rotatable bonds is 2. The molecule has 0 fully saturated rings. The van der Waals surface area contributed by atoms with Crippen molar-refractivity contribution in [2.24, 2.45) is 0 Å². The number of hydrogen-bond acceptors (Lipinski definition) is 5. The highest BCUT2D eigenvalue weighted by Crippen LogP contribution is 2.29. The summed E-state index contributed by atoms with van der Waals surface area (Å²) < 4.78 is 0.620. The van der Waals surface area contributed by atoms with Crippen molar-refractivity contribution >= 4 is 33.2 Å². The minimum absolute atomic E-state index is 0.331. The molecule has 1 heterocycles. The van der Waals surface area contributed by atoms with Crippen LogP contribution in [0.15, 0.2) is 12.1 Å². The Hall–Kier alpha value is -2.02. The van der Waals surface area contributed by atoms with E-state index in [0.29, 0.717) is 10.2 Å². The summed E-state index contributed by atoms with van der Waals surface area (Å²) in [4.78, 5) is 24.9. The van der Waals surface area contributed by atoms with Gasteiger partial charge in [0, 0.05) is 6.07 Å². The average Bonchev–Trinajstić information content (AvgIpc) is 2.54. The summed E-state index contributed by atoms with van der Waals surface area (Å²) in [6.45, 7) is 1.76. The van der Waals surface area contributed by atoms with Crippen LogP contribution < -0.4 is 0 Å². The van der Waals surface area contributed by atoms with E-state index >= 15 is 0 Å². The summed E-state index contributed by atoms with van der Waals surface area (Å²) in [6, 6.07) is 2.49. The van der Waals surface area contributed by atoms with Crippen molar-refractivity contribution in [1.29, 1.82) is 0 Å². The van der Waals surface area contributed by atoms with Gasteiger partial charge in [0.2, 0.25) is 0 Å². The molecular weight excluding hydrogens is 232 g/mol. The highest BCUT2D eigenvalue weighted by molar-refractivity contribution is 7.18. The topological polar surface area (TPSA) is 93.3 Å². The first kappa shape index (κ1) is 10.5. The quantitative estimate of drug-likeness (QED) is 0.639. The summed E-state index contributed by atoms with van der Waals surface area (Å²) in [5.74, 6) is -1.32. The highest BCUT2D eigenvalue weighted by atomic mass is 32.1. The van der Waals surface area contributed by atoms with Crippen LogP contribution in [0.3, 0.4) is 0 Å². The van der Waals surface area contributed by atoms with E-state index in [-0.39, 0.29) is 5.56 Å². The second-order valence-electron chi connectivity index (χ2n) is 3.13. The Morgan fingerprint density at radius 1 is 1.56 bits per heavy atom. The van der Waals surface area contributed by atoms with E-state index in [2.05, 4.69) is 4.98 Å². The van der Waals surface area contributed by atoms with Crippen LogP contribution in [0.1, 0.15) is 15.4 Å². The van der Waals surface area contributed by atoms with Gasteiger partial charge in [-0.1, -0.05) is 0 Å². The normalized spacial score (nSPS) is 10.6. The fraction of sp³-hybridized carbons (Fsp3) is 0.111. The Morgan fingerprint density at radius 2 is 2.25 bits per heavy atom. The van der Waals surface area contributed by atoms with E-state index in [4.69, 9.17) is 5.11 Å². The lowest BCUT2D eigenvalue weighted by Crippen LogP contribution is -2.02. The minimum Gasteiger partial charge on any atom is -0.477 e. The van der Waals surface area contributed by atoms with Crippen LogP contribution >= 0.6 is 11.3 Å². The molecule has 1 N–H and O–H groups in total. The molecule has 2 aromatic rings. The van der Waals surface area contributed by atoms with Gasteiger partial charge in [0.25, 0.3) is 5.69 Å².